The third-order valence-electron chi connectivity index (χ3n) is 6.73. The second-order valence-corrected chi connectivity index (χ2v) is 10.9. The van der Waals surface area contributed by atoms with Gasteiger partial charge in [0.2, 0.25) is 5.91 Å². The fourth-order valence-electron chi connectivity index (χ4n) is 4.70. The molecule has 1 saturated heterocycles. The summed E-state index contributed by atoms with van der Waals surface area (Å²) in [5.74, 6) is 0.465. The summed E-state index contributed by atoms with van der Waals surface area (Å²) in [6, 6.07) is 19.4. The average Bonchev–Trinajstić information content (AvgIpc) is 3.52. The van der Waals surface area contributed by atoms with Crippen LogP contribution in [0.4, 0.5) is 11.4 Å². The van der Waals surface area contributed by atoms with E-state index in [1.165, 1.54) is 0 Å². The molecule has 0 saturated carbocycles. The van der Waals surface area contributed by atoms with Gasteiger partial charge in [-0.25, -0.2) is 0 Å². The highest BCUT2D eigenvalue weighted by atomic mass is 32.1. The molecule has 4 heterocycles. The van der Waals surface area contributed by atoms with Crippen molar-refractivity contribution in [2.45, 2.75) is 39.4 Å². The van der Waals surface area contributed by atoms with Crippen LogP contribution in [0.5, 0.6) is 5.75 Å². The first kappa shape index (κ1) is 26.4. The van der Waals surface area contributed by atoms with E-state index in [-0.39, 0.29) is 18.0 Å². The predicted molar refractivity (Wildman–Crippen MR) is 157 cm³/mol. The van der Waals surface area contributed by atoms with E-state index < -0.39 is 5.41 Å². The monoisotopic (exact) mass is 540 g/mol. The molecule has 0 radical (unpaired) electrons. The molecular weight excluding hydrogens is 508 g/mol. The number of carbonyl (C=O) groups excluding carboxylic acids is 1. The van der Waals surface area contributed by atoms with Crippen molar-refractivity contribution in [3.05, 3.63) is 102 Å². The Bertz CT molecular complexity index is 1470. The number of carbonyl (C=O) groups is 1. The van der Waals surface area contributed by atoms with Gasteiger partial charge < -0.3 is 24.8 Å². The summed E-state index contributed by atoms with van der Waals surface area (Å²) in [6.45, 7) is 6.30. The normalized spacial score (nSPS) is 17.1. The highest BCUT2D eigenvalue weighted by Gasteiger charge is 2.42. The second-order valence-electron chi connectivity index (χ2n) is 10.5. The Morgan fingerprint density at radius 1 is 1.10 bits per heavy atom. The third kappa shape index (κ3) is 5.49. The van der Waals surface area contributed by atoms with Gasteiger partial charge in [0, 0.05) is 54.2 Å². The number of hydrogen-bond acceptors (Lipinski definition) is 5. The fraction of sp³-hybridized carbons (Fsp3) is 0.267. The smallest absolute Gasteiger partial charge is 0.229 e. The van der Waals surface area contributed by atoms with Crippen LogP contribution in [-0.4, -0.2) is 32.7 Å². The first-order chi connectivity index (χ1) is 18.8. The second kappa shape index (κ2) is 10.9. The Hall–Kier alpha value is -4.24. The molecule has 1 aliphatic heterocycles. The van der Waals surface area contributed by atoms with E-state index in [0.29, 0.717) is 23.1 Å². The summed E-state index contributed by atoms with van der Waals surface area (Å²) in [7, 11) is 1.60. The van der Waals surface area contributed by atoms with Gasteiger partial charge in [0.25, 0.3) is 0 Å². The van der Waals surface area contributed by atoms with Gasteiger partial charge in [-0.05, 0) is 60.2 Å². The number of benzene rings is 1. The lowest BCUT2D eigenvalue weighted by atomic mass is 9.95. The summed E-state index contributed by atoms with van der Waals surface area (Å²) >= 11 is 5.91. The van der Waals surface area contributed by atoms with Crippen LogP contribution in [-0.2, 0) is 11.3 Å². The highest BCUT2D eigenvalue weighted by Crippen LogP contribution is 2.43. The van der Waals surface area contributed by atoms with Gasteiger partial charge in [-0.1, -0.05) is 32.9 Å². The largest absolute Gasteiger partial charge is 0.494 e. The molecule has 1 aromatic carbocycles. The molecule has 2 atom stereocenters. The lowest BCUT2D eigenvalue weighted by molar-refractivity contribution is -0.123. The van der Waals surface area contributed by atoms with Gasteiger partial charge in [0.05, 0.1) is 24.5 Å². The lowest BCUT2D eigenvalue weighted by Crippen LogP contribution is -2.31. The minimum atomic E-state index is -0.537. The molecule has 9 heteroatoms. The number of thiocarbonyl (C=S) groups is 1. The zero-order valence-corrected chi connectivity index (χ0v) is 23.3. The van der Waals surface area contributed by atoms with Crippen molar-refractivity contribution in [2.24, 2.45) is 5.41 Å². The third-order valence-corrected chi connectivity index (χ3v) is 7.05. The maximum Gasteiger partial charge on any atom is 0.229 e. The fourth-order valence-corrected chi connectivity index (χ4v) is 5.05. The van der Waals surface area contributed by atoms with E-state index in [0.717, 1.165) is 22.6 Å². The van der Waals surface area contributed by atoms with Gasteiger partial charge in [0.1, 0.15) is 11.8 Å². The standard InChI is InChI=1S/C30H32N6O2S/c1-30(2,3)28(37)33-22-13-12-21(17-25(22)38-4)36-27(26(34-29(36)39)23-10-5-6-15-32-23)24-11-8-16-35(24)19-20-9-7-14-31-18-20/h5-18,26-27H,19H2,1-4H3,(H,33,37)(H,34,39)/t26-,27+/m0/s1. The van der Waals surface area contributed by atoms with Crippen molar-refractivity contribution >= 4 is 34.6 Å². The SMILES string of the molecule is COc1cc(N2C(=S)N[C@@H](c3ccccn3)[C@H]2c2cccn2Cc2cccnc2)ccc1NC(=O)C(C)(C)C. The Kier molecular flexibility index (Phi) is 7.34. The zero-order valence-electron chi connectivity index (χ0n) is 22.5. The van der Waals surface area contributed by atoms with Crippen LogP contribution >= 0.6 is 12.2 Å². The van der Waals surface area contributed by atoms with Crippen LogP contribution in [0, 0.1) is 5.41 Å². The van der Waals surface area contributed by atoms with E-state index >= 15 is 0 Å². The summed E-state index contributed by atoms with van der Waals surface area (Å²) in [4.78, 5) is 23.7. The molecule has 0 aliphatic carbocycles. The summed E-state index contributed by atoms with van der Waals surface area (Å²) in [5.41, 5.74) is 3.98. The average molecular weight is 541 g/mol. The summed E-state index contributed by atoms with van der Waals surface area (Å²) < 4.78 is 7.92. The quantitative estimate of drug-likeness (QED) is 0.300. The zero-order chi connectivity index (χ0) is 27.6. The number of nitrogens with zero attached hydrogens (tertiary/aromatic N) is 4. The van der Waals surface area contributed by atoms with Gasteiger partial charge in [0.15, 0.2) is 5.11 Å². The number of methoxy groups -OCH3 is 1. The maximum absolute atomic E-state index is 12.7. The van der Waals surface area contributed by atoms with E-state index in [1.54, 1.807) is 19.5 Å². The van der Waals surface area contributed by atoms with E-state index in [1.807, 2.05) is 75.5 Å². The minimum Gasteiger partial charge on any atom is -0.494 e. The van der Waals surface area contributed by atoms with Gasteiger partial charge in [-0.15, -0.1) is 0 Å². The molecule has 2 N–H and O–H groups in total. The number of pyridine rings is 2. The van der Waals surface area contributed by atoms with Crippen molar-refractivity contribution in [3.63, 3.8) is 0 Å². The van der Waals surface area contributed by atoms with Crippen molar-refractivity contribution in [1.82, 2.24) is 19.9 Å². The Labute approximate surface area is 234 Å². The van der Waals surface area contributed by atoms with Crippen LogP contribution in [0.1, 0.15) is 49.8 Å². The van der Waals surface area contributed by atoms with Gasteiger partial charge in [-0.3, -0.25) is 14.8 Å². The number of amides is 1. The predicted octanol–water partition coefficient (Wildman–Crippen LogP) is 5.50. The summed E-state index contributed by atoms with van der Waals surface area (Å²) in [5, 5.41) is 7.08. The number of anilines is 2. The lowest BCUT2D eigenvalue weighted by Gasteiger charge is -2.29. The summed E-state index contributed by atoms with van der Waals surface area (Å²) in [6.07, 6.45) is 7.53. The van der Waals surface area contributed by atoms with Crippen molar-refractivity contribution in [3.8, 4) is 5.75 Å². The van der Waals surface area contributed by atoms with Gasteiger partial charge >= 0.3 is 0 Å². The first-order valence-electron chi connectivity index (χ1n) is 12.8. The van der Waals surface area contributed by atoms with Crippen LogP contribution in [0.3, 0.4) is 0 Å². The van der Waals surface area contributed by atoms with E-state index in [9.17, 15) is 4.79 Å². The maximum atomic E-state index is 12.7. The van der Waals surface area contributed by atoms with Gasteiger partial charge in [-0.2, -0.15) is 0 Å². The molecule has 4 aromatic rings. The van der Waals surface area contributed by atoms with E-state index in [4.69, 9.17) is 17.0 Å². The van der Waals surface area contributed by atoms with E-state index in [2.05, 4.69) is 48.4 Å². The molecular formula is C30H32N6O2S. The minimum absolute atomic E-state index is 0.0896. The van der Waals surface area contributed by atoms with Crippen LogP contribution < -0.4 is 20.3 Å². The molecule has 39 heavy (non-hydrogen) atoms. The Morgan fingerprint density at radius 2 is 1.95 bits per heavy atom. The molecule has 1 amide bonds. The van der Waals surface area contributed by atoms with Crippen LogP contribution in [0.25, 0.3) is 0 Å². The van der Waals surface area contributed by atoms with Crippen LogP contribution in [0.15, 0.2) is 85.5 Å². The molecule has 3 aromatic heterocycles. The molecule has 0 unspecified atom stereocenters. The molecule has 1 fully saturated rings. The number of nitrogens with one attached hydrogen (secondary N) is 2. The Balaban J connectivity index is 1.56. The number of rotatable bonds is 7. The molecule has 0 bridgehead atoms. The molecule has 5 rings (SSSR count). The molecule has 200 valence electrons. The van der Waals surface area contributed by atoms with Crippen molar-refractivity contribution < 1.29 is 9.53 Å². The first-order valence-corrected chi connectivity index (χ1v) is 13.2. The van der Waals surface area contributed by atoms with Crippen molar-refractivity contribution in [2.75, 3.05) is 17.3 Å². The topological polar surface area (TPSA) is 84.3 Å². The Morgan fingerprint density at radius 3 is 2.64 bits per heavy atom. The molecule has 0 spiro atoms. The van der Waals surface area contributed by atoms with Crippen LogP contribution in [0.2, 0.25) is 0 Å². The number of hydrogen-bond donors (Lipinski definition) is 2. The number of ether oxygens (including phenoxy) is 1. The molecule has 1 aliphatic rings. The highest BCUT2D eigenvalue weighted by molar-refractivity contribution is 7.80. The van der Waals surface area contributed by atoms with Crippen molar-refractivity contribution in [1.29, 1.82) is 0 Å². The number of aromatic nitrogens is 3. The molecule has 8 nitrogen and oxygen atoms in total.